The average molecular weight is 310 g/mol. The number of morpholine rings is 1. The molecule has 0 spiro atoms. The second-order valence-corrected chi connectivity index (χ2v) is 5.15. The summed E-state index contributed by atoms with van der Waals surface area (Å²) in [5.41, 5.74) is 0. The molecule has 1 aliphatic heterocycles. The number of rotatable bonds is 2. The molecule has 2 amide bonds. The Kier molecular flexibility index (Phi) is 4.43. The number of amides is 2. The molecule has 1 saturated heterocycles. The number of anilines is 1. The van der Waals surface area contributed by atoms with Crippen LogP contribution in [0.3, 0.4) is 0 Å². The van der Waals surface area contributed by atoms with E-state index in [1.807, 2.05) is 6.92 Å². The van der Waals surface area contributed by atoms with Gasteiger partial charge in [0, 0.05) is 6.54 Å². The van der Waals surface area contributed by atoms with Crippen molar-refractivity contribution in [3.8, 4) is 0 Å². The molecule has 2 rings (SSSR count). The summed E-state index contributed by atoms with van der Waals surface area (Å²) in [6, 6.07) is -0.566. The molecule has 1 N–H and O–H groups in total. The Balaban J connectivity index is 2.02. The molecule has 1 atom stereocenters. The molecular weight excluding hydrogens is 297 g/mol. The zero-order valence-electron chi connectivity index (χ0n) is 10.6. The van der Waals surface area contributed by atoms with Crippen molar-refractivity contribution in [1.29, 1.82) is 0 Å². The number of urea groups is 1. The Hall–Kier alpha value is -1.42. The van der Waals surface area contributed by atoms with E-state index in [-0.39, 0.29) is 11.2 Å². The van der Waals surface area contributed by atoms with Gasteiger partial charge >= 0.3 is 12.2 Å². The molecule has 1 aromatic heterocycles. The number of alkyl halides is 3. The van der Waals surface area contributed by atoms with Gasteiger partial charge in [-0.05, 0) is 6.42 Å². The highest BCUT2D eigenvalue weighted by Crippen LogP contribution is 2.33. The van der Waals surface area contributed by atoms with Crippen molar-refractivity contribution >= 4 is 22.5 Å². The van der Waals surface area contributed by atoms with Crippen molar-refractivity contribution < 1.29 is 22.7 Å². The van der Waals surface area contributed by atoms with E-state index in [2.05, 4.69) is 15.5 Å². The van der Waals surface area contributed by atoms with E-state index >= 15 is 0 Å². The highest BCUT2D eigenvalue weighted by molar-refractivity contribution is 7.15. The molecule has 1 fully saturated rings. The summed E-state index contributed by atoms with van der Waals surface area (Å²) >= 11 is 0.304. The van der Waals surface area contributed by atoms with Gasteiger partial charge < -0.3 is 9.64 Å². The van der Waals surface area contributed by atoms with Crippen molar-refractivity contribution in [3.05, 3.63) is 5.01 Å². The maximum atomic E-state index is 12.4. The van der Waals surface area contributed by atoms with Gasteiger partial charge in [-0.15, -0.1) is 10.2 Å². The van der Waals surface area contributed by atoms with Gasteiger partial charge in [-0.2, -0.15) is 13.2 Å². The van der Waals surface area contributed by atoms with E-state index in [0.717, 1.165) is 0 Å². The van der Waals surface area contributed by atoms with E-state index in [4.69, 9.17) is 4.74 Å². The van der Waals surface area contributed by atoms with Crippen LogP contribution in [0.15, 0.2) is 0 Å². The van der Waals surface area contributed by atoms with Gasteiger partial charge in [0.1, 0.15) is 0 Å². The fraction of sp³-hybridized carbons (Fsp3) is 0.700. The average Bonchev–Trinajstić information content (AvgIpc) is 2.87. The Morgan fingerprint density at radius 2 is 2.30 bits per heavy atom. The summed E-state index contributed by atoms with van der Waals surface area (Å²) in [6.07, 6.45) is -3.84. The summed E-state index contributed by atoms with van der Waals surface area (Å²) in [4.78, 5) is 13.6. The maximum absolute atomic E-state index is 12.4. The number of nitrogens with zero attached hydrogens (tertiary/aromatic N) is 3. The number of carbonyl (C=O) groups excluding carboxylic acids is 1. The van der Waals surface area contributed by atoms with Gasteiger partial charge in [-0.1, -0.05) is 18.3 Å². The zero-order chi connectivity index (χ0) is 14.8. The van der Waals surface area contributed by atoms with Gasteiger partial charge in [0.15, 0.2) is 0 Å². The number of hydrogen-bond acceptors (Lipinski definition) is 5. The van der Waals surface area contributed by atoms with Crippen LogP contribution >= 0.6 is 11.3 Å². The number of hydrogen-bond donors (Lipinski definition) is 1. The number of nitrogens with one attached hydrogen (secondary N) is 1. The molecule has 10 heteroatoms. The molecule has 0 radical (unpaired) electrons. The van der Waals surface area contributed by atoms with Gasteiger partial charge in [0.25, 0.3) is 0 Å². The van der Waals surface area contributed by atoms with Gasteiger partial charge in [-0.25, -0.2) is 4.79 Å². The van der Waals surface area contributed by atoms with E-state index < -0.39 is 17.2 Å². The number of halogens is 3. The minimum atomic E-state index is -4.55. The van der Waals surface area contributed by atoms with E-state index in [9.17, 15) is 18.0 Å². The second-order valence-electron chi connectivity index (χ2n) is 4.17. The monoisotopic (exact) mass is 310 g/mol. The normalized spacial score (nSPS) is 20.0. The lowest BCUT2D eigenvalue weighted by Gasteiger charge is -2.34. The SMILES string of the molecule is CCC1COCCN1C(=O)Nc1nnc(C(F)(F)F)s1. The van der Waals surface area contributed by atoms with Crippen molar-refractivity contribution in [2.75, 3.05) is 25.1 Å². The Bertz CT molecular complexity index is 479. The first-order valence-electron chi connectivity index (χ1n) is 5.98. The van der Waals surface area contributed by atoms with Crippen LogP contribution in [0, 0.1) is 0 Å². The largest absolute Gasteiger partial charge is 0.445 e. The lowest BCUT2D eigenvalue weighted by molar-refractivity contribution is -0.138. The summed E-state index contributed by atoms with van der Waals surface area (Å²) in [5.74, 6) is 0. The third-order valence-corrected chi connectivity index (χ3v) is 3.72. The molecular formula is C10H13F3N4O2S. The van der Waals surface area contributed by atoms with Crippen molar-refractivity contribution in [3.63, 3.8) is 0 Å². The van der Waals surface area contributed by atoms with Crippen molar-refractivity contribution in [1.82, 2.24) is 15.1 Å². The predicted octanol–water partition coefficient (Wildman–Crippen LogP) is 2.20. The molecule has 1 aliphatic rings. The van der Waals surface area contributed by atoms with Gasteiger partial charge in [-0.3, -0.25) is 5.32 Å². The first-order valence-corrected chi connectivity index (χ1v) is 6.79. The Labute approximate surface area is 116 Å². The summed E-state index contributed by atoms with van der Waals surface area (Å²) in [7, 11) is 0. The molecule has 0 saturated carbocycles. The fourth-order valence-electron chi connectivity index (χ4n) is 1.81. The van der Waals surface area contributed by atoms with Crippen LogP contribution in [0.4, 0.5) is 23.1 Å². The Morgan fingerprint density at radius 3 is 2.90 bits per heavy atom. The quantitative estimate of drug-likeness (QED) is 0.909. The molecule has 112 valence electrons. The molecule has 6 nitrogen and oxygen atoms in total. The summed E-state index contributed by atoms with van der Waals surface area (Å²) in [6.45, 7) is 3.14. The molecule has 0 bridgehead atoms. The number of carbonyl (C=O) groups is 1. The molecule has 2 heterocycles. The minimum Gasteiger partial charge on any atom is -0.377 e. The standard InChI is InChI=1S/C10H13F3N4O2S/c1-2-6-5-19-4-3-17(6)9(18)14-8-16-15-7(20-8)10(11,12)13/h6H,2-5H2,1H3,(H,14,16,18). The molecule has 1 aromatic rings. The third kappa shape index (κ3) is 3.37. The highest BCUT2D eigenvalue weighted by atomic mass is 32.1. The smallest absolute Gasteiger partial charge is 0.377 e. The van der Waals surface area contributed by atoms with Crippen LogP contribution in [-0.2, 0) is 10.9 Å². The van der Waals surface area contributed by atoms with Crippen LogP contribution in [0.2, 0.25) is 0 Å². The zero-order valence-corrected chi connectivity index (χ0v) is 11.4. The molecule has 0 aromatic carbocycles. The Morgan fingerprint density at radius 1 is 1.55 bits per heavy atom. The third-order valence-electron chi connectivity index (χ3n) is 2.84. The minimum absolute atomic E-state index is 0.0845. The second kappa shape index (κ2) is 5.92. The highest BCUT2D eigenvalue weighted by Gasteiger charge is 2.36. The van der Waals surface area contributed by atoms with Crippen LogP contribution in [0.5, 0.6) is 0 Å². The van der Waals surface area contributed by atoms with Crippen LogP contribution < -0.4 is 5.32 Å². The van der Waals surface area contributed by atoms with Crippen LogP contribution in [-0.4, -0.2) is 46.9 Å². The van der Waals surface area contributed by atoms with Gasteiger partial charge in [0.2, 0.25) is 10.1 Å². The van der Waals surface area contributed by atoms with Gasteiger partial charge in [0.05, 0.1) is 19.3 Å². The maximum Gasteiger partial charge on any atom is 0.445 e. The first kappa shape index (κ1) is 15.0. The van der Waals surface area contributed by atoms with Crippen LogP contribution in [0.1, 0.15) is 18.4 Å². The lowest BCUT2D eigenvalue weighted by atomic mass is 10.2. The molecule has 1 unspecified atom stereocenters. The van der Waals surface area contributed by atoms with E-state index in [0.29, 0.717) is 37.5 Å². The van der Waals surface area contributed by atoms with E-state index in [1.165, 1.54) is 4.90 Å². The number of ether oxygens (including phenoxy) is 1. The van der Waals surface area contributed by atoms with Crippen LogP contribution in [0.25, 0.3) is 0 Å². The summed E-state index contributed by atoms with van der Waals surface area (Å²) in [5, 5.41) is 7.44. The first-order chi connectivity index (χ1) is 9.41. The van der Waals surface area contributed by atoms with Crippen molar-refractivity contribution in [2.45, 2.75) is 25.6 Å². The summed E-state index contributed by atoms with van der Waals surface area (Å²) < 4.78 is 42.4. The van der Waals surface area contributed by atoms with E-state index in [1.54, 1.807) is 0 Å². The fourth-order valence-corrected chi connectivity index (χ4v) is 2.41. The molecule has 20 heavy (non-hydrogen) atoms. The molecule has 0 aliphatic carbocycles. The topological polar surface area (TPSA) is 67.3 Å². The van der Waals surface area contributed by atoms with Crippen molar-refractivity contribution in [2.24, 2.45) is 0 Å². The number of aromatic nitrogens is 2. The predicted molar refractivity (Wildman–Crippen MR) is 65.5 cm³/mol. The lowest BCUT2D eigenvalue weighted by Crippen LogP contribution is -2.50.